The normalized spacial score (nSPS) is 22.1. The van der Waals surface area contributed by atoms with Gasteiger partial charge >= 0.3 is 0 Å². The highest BCUT2D eigenvalue weighted by atomic mass is 16.2. The van der Waals surface area contributed by atoms with E-state index in [9.17, 15) is 14.4 Å². The van der Waals surface area contributed by atoms with Gasteiger partial charge in [0.05, 0.1) is 17.0 Å². The Morgan fingerprint density at radius 3 is 2.00 bits per heavy atom. The van der Waals surface area contributed by atoms with Gasteiger partial charge in [-0.3, -0.25) is 14.4 Å². The lowest BCUT2D eigenvalue weighted by Crippen LogP contribution is -2.51. The summed E-state index contributed by atoms with van der Waals surface area (Å²) in [6, 6.07) is 19.8. The fourth-order valence-corrected chi connectivity index (χ4v) is 9.45. The molecule has 4 aliphatic carbocycles. The number of fused-ring (bicyclic) bond motifs is 1. The lowest BCUT2D eigenvalue weighted by Gasteiger charge is -2.56. The third kappa shape index (κ3) is 6.54. The van der Waals surface area contributed by atoms with Gasteiger partial charge < -0.3 is 20.9 Å². The van der Waals surface area contributed by atoms with Crippen molar-refractivity contribution >= 4 is 34.3 Å². The summed E-state index contributed by atoms with van der Waals surface area (Å²) in [6.45, 7) is 0.594. The van der Waals surface area contributed by atoms with Crippen molar-refractivity contribution in [1.29, 1.82) is 0 Å². The summed E-state index contributed by atoms with van der Waals surface area (Å²) in [5, 5.41) is 38.2. The molecule has 4 fully saturated rings. The largest absolute Gasteiger partial charge is 0.361 e. The zero-order valence-corrected chi connectivity index (χ0v) is 28.8. The van der Waals surface area contributed by atoms with Crippen molar-refractivity contribution in [2.45, 2.75) is 44.4 Å². The number of hydrogen-bond donors (Lipinski definition) is 6. The maximum Gasteiger partial charge on any atom is 0.252 e. The predicted octanol–water partition coefficient (Wildman–Crippen LogP) is 4.63. The molecule has 4 aliphatic rings. The zero-order valence-electron chi connectivity index (χ0n) is 28.8. The molecule has 3 heterocycles. The average Bonchev–Trinajstić information content (AvgIpc) is 3.97. The summed E-state index contributed by atoms with van der Waals surface area (Å²) in [5.41, 5.74) is 3.82. The molecule has 4 saturated carbocycles. The van der Waals surface area contributed by atoms with Crippen molar-refractivity contribution in [3.8, 4) is 22.8 Å². The number of H-pyrrole nitrogens is 3. The van der Waals surface area contributed by atoms with E-state index < -0.39 is 11.8 Å². The molecule has 0 spiro atoms. The summed E-state index contributed by atoms with van der Waals surface area (Å²) in [5.74, 6) is 1.24. The van der Waals surface area contributed by atoms with E-state index in [1.807, 2.05) is 36.4 Å². The summed E-state index contributed by atoms with van der Waals surface area (Å²) in [4.78, 5) is 45.3. The van der Waals surface area contributed by atoms with Gasteiger partial charge in [-0.05, 0) is 125 Å². The van der Waals surface area contributed by atoms with Crippen LogP contribution in [0, 0.1) is 23.2 Å². The molecule has 0 saturated heterocycles. The Bertz CT molecular complexity index is 2200. The van der Waals surface area contributed by atoms with Crippen LogP contribution in [-0.4, -0.2) is 77.0 Å². The first-order valence-corrected chi connectivity index (χ1v) is 18.0. The van der Waals surface area contributed by atoms with E-state index in [-0.39, 0.29) is 29.3 Å². The van der Waals surface area contributed by atoms with Crippen molar-refractivity contribution in [2.24, 2.45) is 23.2 Å². The van der Waals surface area contributed by atoms with E-state index in [1.165, 1.54) is 38.5 Å². The smallest absolute Gasteiger partial charge is 0.252 e. The molecule has 3 amide bonds. The molecule has 10 rings (SSSR count). The van der Waals surface area contributed by atoms with Crippen LogP contribution in [-0.2, 0) is 4.79 Å². The first-order chi connectivity index (χ1) is 25.9. The Labute approximate surface area is 303 Å². The van der Waals surface area contributed by atoms with E-state index in [4.69, 9.17) is 0 Å². The van der Waals surface area contributed by atoms with Crippen molar-refractivity contribution in [1.82, 2.24) is 56.9 Å². The van der Waals surface area contributed by atoms with E-state index in [2.05, 4.69) is 62.2 Å². The molecule has 15 heteroatoms. The number of benzene rings is 3. The molecule has 1 atom stereocenters. The van der Waals surface area contributed by atoms with Gasteiger partial charge in [-0.1, -0.05) is 30.3 Å². The van der Waals surface area contributed by atoms with Gasteiger partial charge in [0.1, 0.15) is 0 Å². The maximum absolute atomic E-state index is 14.1. The number of aromatic nitrogens is 9. The van der Waals surface area contributed by atoms with Crippen LogP contribution in [0.15, 0.2) is 72.9 Å². The van der Waals surface area contributed by atoms with Crippen LogP contribution >= 0.6 is 0 Å². The summed E-state index contributed by atoms with van der Waals surface area (Å²) < 4.78 is 0. The first-order valence-electron chi connectivity index (χ1n) is 18.0. The first kappa shape index (κ1) is 32.6. The highest BCUT2D eigenvalue weighted by Gasteiger charge is 2.50. The molecule has 1 unspecified atom stereocenters. The molecule has 3 aromatic carbocycles. The molecule has 6 aromatic rings. The molecular weight excluding hydrogens is 672 g/mol. The average molecular weight is 711 g/mol. The molecular formula is C38H38N12O3. The van der Waals surface area contributed by atoms with E-state index >= 15 is 0 Å². The number of amides is 3. The van der Waals surface area contributed by atoms with Crippen LogP contribution in [0.2, 0.25) is 0 Å². The lowest BCUT2D eigenvalue weighted by molar-refractivity contribution is -0.117. The van der Waals surface area contributed by atoms with Gasteiger partial charge in [-0.25, -0.2) is 10.2 Å². The zero-order chi connectivity index (χ0) is 35.9. The van der Waals surface area contributed by atoms with Crippen molar-refractivity contribution in [3.05, 3.63) is 89.6 Å². The maximum atomic E-state index is 14.1. The number of nitrogens with zero attached hydrogens (tertiary/aromatic N) is 6. The highest BCUT2D eigenvalue weighted by molar-refractivity contribution is 6.10. The molecule has 4 bridgehead atoms. The Morgan fingerprint density at radius 2 is 1.38 bits per heavy atom. The fraction of sp³-hybridized carbons (Fsp3) is 0.342. The third-order valence-electron chi connectivity index (χ3n) is 11.4. The van der Waals surface area contributed by atoms with Crippen LogP contribution in [0.25, 0.3) is 33.7 Å². The van der Waals surface area contributed by atoms with E-state index in [0.717, 1.165) is 28.7 Å². The second-order valence-corrected chi connectivity index (χ2v) is 15.0. The van der Waals surface area contributed by atoms with Gasteiger partial charge in [0.15, 0.2) is 11.6 Å². The quantitative estimate of drug-likeness (QED) is 0.111. The summed E-state index contributed by atoms with van der Waals surface area (Å²) in [6.07, 6.45) is 9.30. The Kier molecular flexibility index (Phi) is 8.24. The Hall–Kier alpha value is -6.25. The standard InChI is InChI=1S/C38H38N12O3/c51-35(29-14-25-6-7-39-32(25)15-30(29)36(52)41-20-38-16-21-8-22(17-38)10-23(9-21)18-38)40-19-31(24-4-2-1-3-5-24)37(53)42-28-12-26(33-43-47-48-44-33)11-27(13-28)34-45-49-50-46-34/h1-7,11-15,21-23,31,39H,8-10,16-20H2,(H,40,51)(H,41,52)(H,42,53)(H,43,44,47,48)(H,45,46,49,50). The Morgan fingerprint density at radius 1 is 0.755 bits per heavy atom. The number of rotatable bonds is 11. The van der Waals surface area contributed by atoms with Gasteiger partial charge in [0.25, 0.3) is 11.8 Å². The van der Waals surface area contributed by atoms with Gasteiger partial charge in [0, 0.05) is 47.0 Å². The van der Waals surface area contributed by atoms with Crippen LogP contribution in [0.5, 0.6) is 0 Å². The number of carbonyl (C=O) groups is 3. The number of aromatic amines is 3. The summed E-state index contributed by atoms with van der Waals surface area (Å²) in [7, 11) is 0. The molecule has 6 N–H and O–H groups in total. The molecule has 53 heavy (non-hydrogen) atoms. The van der Waals surface area contributed by atoms with Crippen molar-refractivity contribution in [3.63, 3.8) is 0 Å². The molecule has 15 nitrogen and oxygen atoms in total. The van der Waals surface area contributed by atoms with E-state index in [0.29, 0.717) is 46.1 Å². The molecule has 268 valence electrons. The van der Waals surface area contributed by atoms with E-state index in [1.54, 1.807) is 36.5 Å². The Balaban J connectivity index is 0.955. The van der Waals surface area contributed by atoms with Crippen LogP contribution in [0.3, 0.4) is 0 Å². The van der Waals surface area contributed by atoms with Crippen molar-refractivity contribution < 1.29 is 14.4 Å². The summed E-state index contributed by atoms with van der Waals surface area (Å²) >= 11 is 0. The van der Waals surface area contributed by atoms with Gasteiger partial charge in [-0.15, -0.1) is 10.2 Å². The van der Waals surface area contributed by atoms with Crippen molar-refractivity contribution in [2.75, 3.05) is 18.4 Å². The van der Waals surface area contributed by atoms with Gasteiger partial charge in [0.2, 0.25) is 5.91 Å². The number of carbonyl (C=O) groups excluding carboxylic acids is 3. The number of tetrazole rings is 2. The predicted molar refractivity (Wildman–Crippen MR) is 194 cm³/mol. The second kappa shape index (κ2) is 13.4. The number of nitrogens with one attached hydrogen (secondary N) is 6. The third-order valence-corrected chi connectivity index (χ3v) is 11.4. The number of anilines is 1. The van der Waals surface area contributed by atoms with Crippen LogP contribution in [0.1, 0.15) is 70.7 Å². The molecule has 3 aromatic heterocycles. The monoisotopic (exact) mass is 710 g/mol. The minimum absolute atomic E-state index is 0.0290. The number of hydrogen-bond acceptors (Lipinski definition) is 9. The SMILES string of the molecule is O=C(NCC(C(=O)Nc1cc(-c2nnn[nH]2)cc(-c2nnn[nH]2)c1)c1ccccc1)c1cc2cc[nH]c2cc1C(=O)NCC12CC3CC(CC(C3)C1)C2. The molecule has 0 radical (unpaired) electrons. The fourth-order valence-electron chi connectivity index (χ4n) is 9.45. The lowest BCUT2D eigenvalue weighted by atomic mass is 9.49. The second-order valence-electron chi connectivity index (χ2n) is 15.0. The van der Waals surface area contributed by atoms with Gasteiger partial charge in [-0.2, -0.15) is 0 Å². The minimum atomic E-state index is -0.782. The molecule has 0 aliphatic heterocycles. The topological polar surface area (TPSA) is 212 Å². The van der Waals surface area contributed by atoms with Crippen LogP contribution < -0.4 is 16.0 Å². The highest BCUT2D eigenvalue weighted by Crippen LogP contribution is 2.59. The minimum Gasteiger partial charge on any atom is -0.361 e. The van der Waals surface area contributed by atoms with Crippen LogP contribution in [0.4, 0.5) is 5.69 Å².